The number of hydrogen-bond acceptors (Lipinski definition) is 2. The summed E-state index contributed by atoms with van der Waals surface area (Å²) in [6, 6.07) is 8.69. The minimum Gasteiger partial charge on any atom is -0.315 e. The van der Waals surface area contributed by atoms with E-state index in [0.717, 1.165) is 5.02 Å². The summed E-state index contributed by atoms with van der Waals surface area (Å²) in [6.45, 7) is 0. The topological polar surface area (TPSA) is 12.0 Å². The molecule has 0 saturated carbocycles. The highest BCUT2D eigenvalue weighted by molar-refractivity contribution is 8.01. The van der Waals surface area contributed by atoms with E-state index in [1.54, 1.807) is 0 Å². The quantitative estimate of drug-likeness (QED) is 0.811. The van der Waals surface area contributed by atoms with Crippen LogP contribution >= 0.6 is 23.4 Å². The van der Waals surface area contributed by atoms with Gasteiger partial charge < -0.3 is 5.32 Å². The summed E-state index contributed by atoms with van der Waals surface area (Å²) in [4.78, 5) is 0. The van der Waals surface area contributed by atoms with E-state index in [-0.39, 0.29) is 0 Å². The largest absolute Gasteiger partial charge is 0.315 e. The molecule has 3 heteroatoms. The standard InChI is InChI=1S/C10H12ClNS/c1-12-9-6-13-10(9)7-4-2-3-5-8(7)11/h2-5,9-10,12H,6H2,1H3. The first-order valence-corrected chi connectivity index (χ1v) is 5.79. The van der Waals surface area contributed by atoms with Crippen LogP contribution in [0, 0.1) is 0 Å². The second kappa shape index (κ2) is 3.91. The van der Waals surface area contributed by atoms with Gasteiger partial charge in [-0.05, 0) is 18.7 Å². The van der Waals surface area contributed by atoms with E-state index in [1.807, 2.05) is 37.0 Å². The smallest absolute Gasteiger partial charge is 0.0473 e. The van der Waals surface area contributed by atoms with E-state index < -0.39 is 0 Å². The molecule has 0 bridgehead atoms. The van der Waals surface area contributed by atoms with Crippen LogP contribution in [0.5, 0.6) is 0 Å². The van der Waals surface area contributed by atoms with Crippen molar-refractivity contribution in [1.29, 1.82) is 0 Å². The van der Waals surface area contributed by atoms with E-state index in [1.165, 1.54) is 11.3 Å². The van der Waals surface area contributed by atoms with Gasteiger partial charge in [-0.3, -0.25) is 0 Å². The van der Waals surface area contributed by atoms with Gasteiger partial charge in [0.25, 0.3) is 0 Å². The highest BCUT2D eigenvalue weighted by Crippen LogP contribution is 2.44. The molecular formula is C10H12ClNS. The second-order valence-corrected chi connectivity index (χ2v) is 4.75. The zero-order valence-electron chi connectivity index (χ0n) is 7.46. The molecule has 0 radical (unpaired) electrons. The Labute approximate surface area is 87.9 Å². The highest BCUT2D eigenvalue weighted by Gasteiger charge is 2.32. The summed E-state index contributed by atoms with van der Waals surface area (Å²) in [6.07, 6.45) is 0. The predicted molar refractivity (Wildman–Crippen MR) is 59.5 cm³/mol. The van der Waals surface area contributed by atoms with E-state index in [9.17, 15) is 0 Å². The zero-order chi connectivity index (χ0) is 9.26. The molecule has 0 amide bonds. The first kappa shape index (κ1) is 9.38. The molecule has 1 aromatic rings. The molecule has 1 heterocycles. The molecule has 0 spiro atoms. The van der Waals surface area contributed by atoms with E-state index in [2.05, 4.69) is 11.4 Å². The van der Waals surface area contributed by atoms with Crippen LogP contribution in [0.1, 0.15) is 10.8 Å². The average molecular weight is 214 g/mol. The van der Waals surface area contributed by atoms with Crippen LogP contribution in [-0.2, 0) is 0 Å². The van der Waals surface area contributed by atoms with Crippen molar-refractivity contribution in [3.63, 3.8) is 0 Å². The number of nitrogens with one attached hydrogen (secondary N) is 1. The Balaban J connectivity index is 2.21. The second-order valence-electron chi connectivity index (χ2n) is 3.17. The Morgan fingerprint density at radius 3 is 2.77 bits per heavy atom. The molecule has 2 rings (SSSR count). The molecule has 2 atom stereocenters. The van der Waals surface area contributed by atoms with Crippen LogP contribution in [0.2, 0.25) is 5.02 Å². The van der Waals surface area contributed by atoms with Gasteiger partial charge in [0.15, 0.2) is 0 Å². The molecule has 1 N–H and O–H groups in total. The lowest BCUT2D eigenvalue weighted by Crippen LogP contribution is -2.40. The summed E-state index contributed by atoms with van der Waals surface area (Å²) in [5.41, 5.74) is 1.26. The lowest BCUT2D eigenvalue weighted by atomic mass is 10.1. The Bertz CT molecular complexity index is 301. The molecule has 1 aromatic carbocycles. The van der Waals surface area contributed by atoms with Crippen molar-refractivity contribution < 1.29 is 0 Å². The molecule has 2 unspecified atom stereocenters. The number of benzene rings is 1. The lowest BCUT2D eigenvalue weighted by Gasteiger charge is -2.36. The summed E-state index contributed by atoms with van der Waals surface area (Å²) >= 11 is 8.07. The Morgan fingerprint density at radius 1 is 1.46 bits per heavy atom. The molecule has 13 heavy (non-hydrogen) atoms. The zero-order valence-corrected chi connectivity index (χ0v) is 9.03. The Kier molecular flexibility index (Phi) is 2.82. The molecule has 1 nitrogen and oxygen atoms in total. The maximum Gasteiger partial charge on any atom is 0.0473 e. The van der Waals surface area contributed by atoms with Crippen molar-refractivity contribution in [3.05, 3.63) is 34.9 Å². The van der Waals surface area contributed by atoms with Crippen LogP contribution in [0.4, 0.5) is 0 Å². The van der Waals surface area contributed by atoms with Gasteiger partial charge in [-0.2, -0.15) is 11.8 Å². The van der Waals surface area contributed by atoms with Crippen LogP contribution < -0.4 is 5.32 Å². The average Bonchev–Trinajstić information content (AvgIpc) is 2.08. The van der Waals surface area contributed by atoms with E-state index in [0.29, 0.717) is 11.3 Å². The number of halogens is 1. The van der Waals surface area contributed by atoms with Gasteiger partial charge in [0, 0.05) is 22.1 Å². The number of thioether (sulfide) groups is 1. The third-order valence-electron chi connectivity index (χ3n) is 2.40. The molecule has 1 aliphatic rings. The fraction of sp³-hybridized carbons (Fsp3) is 0.400. The number of hydrogen-bond donors (Lipinski definition) is 1. The minimum absolute atomic E-state index is 0.540. The lowest BCUT2D eigenvalue weighted by molar-refractivity contribution is 0.573. The molecule has 0 aromatic heterocycles. The first-order chi connectivity index (χ1) is 6.33. The van der Waals surface area contributed by atoms with Gasteiger partial charge in [-0.25, -0.2) is 0 Å². The third-order valence-corrected chi connectivity index (χ3v) is 4.24. The van der Waals surface area contributed by atoms with Crippen LogP contribution in [0.25, 0.3) is 0 Å². The maximum atomic E-state index is 6.11. The van der Waals surface area contributed by atoms with Crippen LogP contribution in [0.3, 0.4) is 0 Å². The first-order valence-electron chi connectivity index (χ1n) is 4.36. The van der Waals surface area contributed by atoms with E-state index >= 15 is 0 Å². The van der Waals surface area contributed by atoms with Crippen molar-refractivity contribution in [2.75, 3.05) is 12.8 Å². The minimum atomic E-state index is 0.540. The van der Waals surface area contributed by atoms with Crippen molar-refractivity contribution in [1.82, 2.24) is 5.32 Å². The van der Waals surface area contributed by atoms with Crippen molar-refractivity contribution in [2.45, 2.75) is 11.3 Å². The van der Waals surface area contributed by atoms with Gasteiger partial charge in [-0.15, -0.1) is 0 Å². The molecular weight excluding hydrogens is 202 g/mol. The summed E-state index contributed by atoms with van der Waals surface area (Å²) in [5.74, 6) is 1.19. The molecule has 70 valence electrons. The van der Waals surface area contributed by atoms with Crippen molar-refractivity contribution in [2.24, 2.45) is 0 Å². The van der Waals surface area contributed by atoms with Gasteiger partial charge in [0.1, 0.15) is 0 Å². The monoisotopic (exact) mass is 213 g/mol. The normalized spacial score (nSPS) is 26.9. The summed E-state index contributed by atoms with van der Waals surface area (Å²) in [7, 11) is 2.01. The maximum absolute atomic E-state index is 6.11. The number of rotatable bonds is 2. The fourth-order valence-corrected chi connectivity index (χ4v) is 3.12. The van der Waals surface area contributed by atoms with Crippen molar-refractivity contribution >= 4 is 23.4 Å². The molecule has 1 fully saturated rings. The van der Waals surface area contributed by atoms with Gasteiger partial charge in [0.05, 0.1) is 0 Å². The SMILES string of the molecule is CNC1CSC1c1ccccc1Cl. The van der Waals surface area contributed by atoms with Gasteiger partial charge in [-0.1, -0.05) is 29.8 Å². The van der Waals surface area contributed by atoms with Gasteiger partial charge in [0.2, 0.25) is 0 Å². The Morgan fingerprint density at radius 2 is 2.23 bits per heavy atom. The molecule has 1 saturated heterocycles. The molecule has 0 aliphatic carbocycles. The Hall–Kier alpha value is -0.180. The summed E-state index contributed by atoms with van der Waals surface area (Å²) < 4.78 is 0. The predicted octanol–water partition coefficient (Wildman–Crippen LogP) is 2.72. The fourth-order valence-electron chi connectivity index (χ4n) is 1.54. The van der Waals surface area contributed by atoms with Crippen molar-refractivity contribution in [3.8, 4) is 0 Å². The highest BCUT2D eigenvalue weighted by atomic mass is 35.5. The summed E-state index contributed by atoms with van der Waals surface area (Å²) in [5, 5.41) is 4.73. The van der Waals surface area contributed by atoms with Crippen LogP contribution in [0.15, 0.2) is 24.3 Å². The van der Waals surface area contributed by atoms with E-state index in [4.69, 9.17) is 11.6 Å². The third kappa shape index (κ3) is 1.71. The van der Waals surface area contributed by atoms with Crippen LogP contribution in [-0.4, -0.2) is 18.8 Å². The number of likely N-dealkylation sites (N-methyl/N-ethyl adjacent to an activating group) is 1. The van der Waals surface area contributed by atoms with Gasteiger partial charge >= 0.3 is 0 Å². The molecule has 1 aliphatic heterocycles.